The maximum Gasteiger partial charge on any atom is 0.303 e. The quantitative estimate of drug-likeness (QED) is 0.843. The first kappa shape index (κ1) is 16.9. The summed E-state index contributed by atoms with van der Waals surface area (Å²) in [6.45, 7) is 7.95. The van der Waals surface area contributed by atoms with Gasteiger partial charge < -0.3 is 5.11 Å². The van der Waals surface area contributed by atoms with E-state index >= 15 is 0 Å². The molecule has 0 heterocycles. The van der Waals surface area contributed by atoms with Gasteiger partial charge in [-0.3, -0.25) is 9.59 Å². The lowest BCUT2D eigenvalue weighted by atomic mass is 9.91. The molecule has 0 saturated heterocycles. The standard InChI is InChI=1S/C20H22O3/c1-12-5-8-18(15(4)14(12)3)20(23)17-9-6-16(11-13(17)2)7-10-19(21)22/h5-6,8-9,11H,7,10H2,1-4H3,(H,21,22). The third kappa shape index (κ3) is 3.67. The summed E-state index contributed by atoms with van der Waals surface area (Å²) in [6, 6.07) is 9.43. The van der Waals surface area contributed by atoms with E-state index in [9.17, 15) is 9.59 Å². The smallest absolute Gasteiger partial charge is 0.303 e. The van der Waals surface area contributed by atoms with Crippen molar-refractivity contribution in [1.82, 2.24) is 0 Å². The number of aryl methyl sites for hydroxylation is 3. The van der Waals surface area contributed by atoms with Gasteiger partial charge >= 0.3 is 5.97 Å². The molecule has 0 saturated carbocycles. The van der Waals surface area contributed by atoms with Gasteiger partial charge in [0.2, 0.25) is 0 Å². The largest absolute Gasteiger partial charge is 0.481 e. The molecule has 2 rings (SSSR count). The highest BCUT2D eigenvalue weighted by Gasteiger charge is 2.16. The van der Waals surface area contributed by atoms with Gasteiger partial charge in [0.25, 0.3) is 0 Å². The Hall–Kier alpha value is -2.42. The molecule has 0 amide bonds. The van der Waals surface area contributed by atoms with Crippen molar-refractivity contribution in [2.45, 2.75) is 40.5 Å². The van der Waals surface area contributed by atoms with Gasteiger partial charge in [-0.15, -0.1) is 0 Å². The van der Waals surface area contributed by atoms with Crippen molar-refractivity contribution in [2.75, 3.05) is 0 Å². The monoisotopic (exact) mass is 310 g/mol. The molecule has 0 bridgehead atoms. The molecule has 2 aromatic rings. The molecule has 0 unspecified atom stereocenters. The van der Waals surface area contributed by atoms with Crippen LogP contribution in [0.25, 0.3) is 0 Å². The van der Waals surface area contributed by atoms with Crippen molar-refractivity contribution >= 4 is 11.8 Å². The average molecular weight is 310 g/mol. The minimum absolute atomic E-state index is 0.0212. The predicted molar refractivity (Wildman–Crippen MR) is 91.2 cm³/mol. The minimum atomic E-state index is -0.812. The van der Waals surface area contributed by atoms with Crippen LogP contribution in [0, 0.1) is 27.7 Å². The molecule has 0 aromatic heterocycles. The number of carboxylic acids is 1. The van der Waals surface area contributed by atoms with Crippen molar-refractivity contribution in [3.63, 3.8) is 0 Å². The fourth-order valence-electron chi connectivity index (χ4n) is 2.73. The lowest BCUT2D eigenvalue weighted by Crippen LogP contribution is -2.08. The molecule has 0 aliphatic heterocycles. The van der Waals surface area contributed by atoms with E-state index in [0.717, 1.165) is 27.8 Å². The zero-order chi connectivity index (χ0) is 17.1. The number of rotatable bonds is 5. The molecular weight excluding hydrogens is 288 g/mol. The van der Waals surface area contributed by atoms with Crippen LogP contribution in [-0.2, 0) is 11.2 Å². The maximum atomic E-state index is 12.8. The third-order valence-corrected chi connectivity index (χ3v) is 4.47. The van der Waals surface area contributed by atoms with Gasteiger partial charge in [0.1, 0.15) is 0 Å². The van der Waals surface area contributed by atoms with Gasteiger partial charge in [-0.2, -0.15) is 0 Å². The molecule has 0 aliphatic rings. The summed E-state index contributed by atoms with van der Waals surface area (Å²) in [6.07, 6.45) is 0.580. The van der Waals surface area contributed by atoms with Crippen LogP contribution in [0.15, 0.2) is 30.3 Å². The van der Waals surface area contributed by atoms with E-state index in [0.29, 0.717) is 12.0 Å². The Morgan fingerprint density at radius 2 is 1.52 bits per heavy atom. The van der Waals surface area contributed by atoms with Crippen molar-refractivity contribution in [3.8, 4) is 0 Å². The van der Waals surface area contributed by atoms with Crippen LogP contribution in [0.1, 0.15) is 50.2 Å². The van der Waals surface area contributed by atoms with Crippen molar-refractivity contribution in [2.24, 2.45) is 0 Å². The van der Waals surface area contributed by atoms with Crippen molar-refractivity contribution < 1.29 is 14.7 Å². The lowest BCUT2D eigenvalue weighted by molar-refractivity contribution is -0.136. The first-order valence-corrected chi connectivity index (χ1v) is 7.74. The molecular formula is C20H22O3. The SMILES string of the molecule is Cc1cc(CCC(=O)O)ccc1C(=O)c1ccc(C)c(C)c1C. The van der Waals surface area contributed by atoms with Crippen LogP contribution in [0.2, 0.25) is 0 Å². The van der Waals surface area contributed by atoms with Gasteiger partial charge in [0, 0.05) is 17.5 Å². The van der Waals surface area contributed by atoms with Crippen LogP contribution in [-0.4, -0.2) is 16.9 Å². The second-order valence-corrected chi connectivity index (χ2v) is 6.05. The zero-order valence-corrected chi connectivity index (χ0v) is 14.1. The molecule has 120 valence electrons. The highest BCUT2D eigenvalue weighted by molar-refractivity contribution is 6.11. The number of benzene rings is 2. The normalized spacial score (nSPS) is 10.6. The molecule has 2 aromatic carbocycles. The molecule has 0 atom stereocenters. The number of hydrogen-bond acceptors (Lipinski definition) is 2. The number of carbonyl (C=O) groups excluding carboxylic acids is 1. The first-order chi connectivity index (χ1) is 10.8. The molecule has 0 aliphatic carbocycles. The Labute approximate surface area is 137 Å². The van der Waals surface area contributed by atoms with Crippen LogP contribution in [0.4, 0.5) is 0 Å². The number of carbonyl (C=O) groups is 2. The fourth-order valence-corrected chi connectivity index (χ4v) is 2.73. The molecule has 1 N–H and O–H groups in total. The highest BCUT2D eigenvalue weighted by Crippen LogP contribution is 2.22. The second-order valence-electron chi connectivity index (χ2n) is 6.05. The van der Waals surface area contributed by atoms with E-state index in [1.54, 1.807) is 0 Å². The predicted octanol–water partition coefficient (Wildman–Crippen LogP) is 4.17. The second kappa shape index (κ2) is 6.78. The van der Waals surface area contributed by atoms with Gasteiger partial charge in [-0.05, 0) is 61.9 Å². The number of ketones is 1. The minimum Gasteiger partial charge on any atom is -0.481 e. The number of hydrogen-bond donors (Lipinski definition) is 1. The average Bonchev–Trinajstić information content (AvgIpc) is 2.50. The first-order valence-electron chi connectivity index (χ1n) is 7.74. The van der Waals surface area contributed by atoms with E-state index in [2.05, 4.69) is 0 Å². The Morgan fingerprint density at radius 3 is 2.13 bits per heavy atom. The summed E-state index contributed by atoms with van der Waals surface area (Å²) in [5.74, 6) is -0.790. The Balaban J connectivity index is 2.33. The molecule has 0 radical (unpaired) electrons. The van der Waals surface area contributed by atoms with Gasteiger partial charge in [0.15, 0.2) is 5.78 Å². The highest BCUT2D eigenvalue weighted by atomic mass is 16.4. The summed E-state index contributed by atoms with van der Waals surface area (Å²) in [5, 5.41) is 8.76. The molecule has 3 heteroatoms. The van der Waals surface area contributed by atoms with E-state index in [4.69, 9.17) is 5.11 Å². The summed E-state index contributed by atoms with van der Waals surface area (Å²) >= 11 is 0. The lowest BCUT2D eigenvalue weighted by Gasteiger charge is -2.12. The van der Waals surface area contributed by atoms with Gasteiger partial charge in [0.05, 0.1) is 0 Å². The van der Waals surface area contributed by atoms with E-state index < -0.39 is 5.97 Å². The zero-order valence-electron chi connectivity index (χ0n) is 14.1. The van der Waals surface area contributed by atoms with Crippen LogP contribution in [0.5, 0.6) is 0 Å². The molecule has 0 spiro atoms. The van der Waals surface area contributed by atoms with Crippen LogP contribution in [0.3, 0.4) is 0 Å². The van der Waals surface area contributed by atoms with Gasteiger partial charge in [-0.1, -0.05) is 30.3 Å². The maximum absolute atomic E-state index is 12.8. The van der Waals surface area contributed by atoms with Crippen LogP contribution >= 0.6 is 0 Å². The van der Waals surface area contributed by atoms with Crippen LogP contribution < -0.4 is 0 Å². The molecule has 3 nitrogen and oxygen atoms in total. The Kier molecular flexibility index (Phi) is 4.99. The fraction of sp³-hybridized carbons (Fsp3) is 0.300. The summed E-state index contributed by atoms with van der Waals surface area (Å²) in [7, 11) is 0. The van der Waals surface area contributed by atoms with Crippen molar-refractivity contribution in [1.29, 1.82) is 0 Å². The summed E-state index contributed by atoms with van der Waals surface area (Å²) < 4.78 is 0. The van der Waals surface area contributed by atoms with E-state index in [-0.39, 0.29) is 12.2 Å². The number of carboxylic acid groups (broad SMARTS) is 1. The third-order valence-electron chi connectivity index (χ3n) is 4.47. The summed E-state index contributed by atoms with van der Waals surface area (Å²) in [5.41, 5.74) is 6.58. The number of aliphatic carboxylic acids is 1. The molecule has 23 heavy (non-hydrogen) atoms. The van der Waals surface area contributed by atoms with Crippen molar-refractivity contribution in [3.05, 3.63) is 69.3 Å². The summed E-state index contributed by atoms with van der Waals surface area (Å²) in [4.78, 5) is 23.5. The Bertz CT molecular complexity index is 773. The van der Waals surface area contributed by atoms with E-state index in [1.807, 2.05) is 58.0 Å². The van der Waals surface area contributed by atoms with Gasteiger partial charge in [-0.25, -0.2) is 0 Å². The topological polar surface area (TPSA) is 54.4 Å². The Morgan fingerprint density at radius 1 is 0.870 bits per heavy atom. The van der Waals surface area contributed by atoms with E-state index in [1.165, 1.54) is 5.56 Å². The molecule has 0 fully saturated rings.